The van der Waals surface area contributed by atoms with Gasteiger partial charge in [0, 0.05) is 42.6 Å². The highest BCUT2D eigenvalue weighted by Gasteiger charge is 2.22. The lowest BCUT2D eigenvalue weighted by atomic mass is 10.0. The first-order chi connectivity index (χ1) is 13.5. The molecule has 0 amide bonds. The molecule has 28 heavy (non-hydrogen) atoms. The summed E-state index contributed by atoms with van der Waals surface area (Å²) in [6.45, 7) is 3.33. The van der Waals surface area contributed by atoms with Crippen LogP contribution in [0.5, 0.6) is 5.75 Å². The van der Waals surface area contributed by atoms with E-state index in [0.717, 1.165) is 59.6 Å². The van der Waals surface area contributed by atoms with Crippen molar-refractivity contribution in [3.8, 4) is 5.75 Å². The van der Waals surface area contributed by atoms with E-state index in [2.05, 4.69) is 15.1 Å². The Hall–Kier alpha value is -2.81. The van der Waals surface area contributed by atoms with Crippen LogP contribution in [0.15, 0.2) is 30.3 Å². The number of likely N-dealkylation sites (N-methyl/N-ethyl adjacent to an activating group) is 1. The maximum absolute atomic E-state index is 11.8. The summed E-state index contributed by atoms with van der Waals surface area (Å²) in [5.41, 5.74) is 3.25. The molecule has 8 nitrogen and oxygen atoms in total. The average Bonchev–Trinajstić information content (AvgIpc) is 2.86. The van der Waals surface area contributed by atoms with E-state index in [9.17, 15) is 10.4 Å². The lowest BCUT2D eigenvalue weighted by molar-refractivity contribution is 0.297. The van der Waals surface area contributed by atoms with Crippen LogP contribution < -0.4 is 20.2 Å². The number of aromatic nitrogens is 1. The smallest absolute Gasteiger partial charge is 0.119 e. The van der Waals surface area contributed by atoms with Crippen LogP contribution in [-0.4, -0.2) is 62.5 Å². The van der Waals surface area contributed by atoms with Gasteiger partial charge >= 0.3 is 0 Å². The van der Waals surface area contributed by atoms with Crippen molar-refractivity contribution in [2.45, 2.75) is 0 Å². The molecule has 0 aliphatic carbocycles. The Labute approximate surface area is 163 Å². The molecule has 1 aliphatic heterocycles. The number of benzene rings is 2. The van der Waals surface area contributed by atoms with Crippen molar-refractivity contribution in [2.75, 3.05) is 62.8 Å². The van der Waals surface area contributed by atoms with E-state index < -0.39 is 0 Å². The summed E-state index contributed by atoms with van der Waals surface area (Å²) in [4.78, 5) is 9.14. The van der Waals surface area contributed by atoms with Crippen LogP contribution in [-0.2, 0) is 0 Å². The molecule has 0 unspecified atom stereocenters. The molecular formula is C20H24N5O3-. The third kappa shape index (κ3) is 3.15. The molecule has 0 saturated carbocycles. The van der Waals surface area contributed by atoms with Crippen molar-refractivity contribution in [2.24, 2.45) is 0 Å². The zero-order chi connectivity index (χ0) is 19.8. The van der Waals surface area contributed by atoms with Crippen molar-refractivity contribution in [1.29, 1.82) is 0 Å². The molecule has 2 heterocycles. The van der Waals surface area contributed by atoms with Crippen LogP contribution in [0.25, 0.3) is 21.8 Å². The Balaban J connectivity index is 2.02. The summed E-state index contributed by atoms with van der Waals surface area (Å²) in [7, 11) is 5.73. The Kier molecular flexibility index (Phi) is 4.84. The van der Waals surface area contributed by atoms with Crippen LogP contribution in [0, 0.1) is 5.21 Å². The molecule has 4 rings (SSSR count). The molecule has 2 N–H and O–H groups in total. The number of methoxy groups -OCH3 is 1. The van der Waals surface area contributed by atoms with Crippen molar-refractivity contribution < 1.29 is 9.94 Å². The van der Waals surface area contributed by atoms with Crippen molar-refractivity contribution in [3.63, 3.8) is 0 Å². The average molecular weight is 382 g/mol. The van der Waals surface area contributed by atoms with Crippen LogP contribution in [0.2, 0.25) is 0 Å². The number of hydrogen-bond donors (Lipinski definition) is 2. The fourth-order valence-corrected chi connectivity index (χ4v) is 3.71. The molecule has 0 atom stereocenters. The zero-order valence-electron chi connectivity index (χ0n) is 16.3. The Morgan fingerprint density at radius 2 is 2.11 bits per heavy atom. The Morgan fingerprint density at radius 3 is 2.82 bits per heavy atom. The summed E-state index contributed by atoms with van der Waals surface area (Å²) < 4.78 is 5.39. The Morgan fingerprint density at radius 1 is 1.29 bits per heavy atom. The van der Waals surface area contributed by atoms with Gasteiger partial charge in [-0.3, -0.25) is 5.21 Å². The highest BCUT2D eigenvalue weighted by Crippen LogP contribution is 2.42. The van der Waals surface area contributed by atoms with Crippen LogP contribution in [0.1, 0.15) is 0 Å². The van der Waals surface area contributed by atoms with E-state index in [-0.39, 0.29) is 10.9 Å². The molecule has 0 fully saturated rings. The van der Waals surface area contributed by atoms with E-state index in [1.165, 1.54) is 0 Å². The minimum absolute atomic E-state index is 0.111. The van der Waals surface area contributed by atoms with Gasteiger partial charge in [0.2, 0.25) is 0 Å². The van der Waals surface area contributed by atoms with Crippen molar-refractivity contribution in [1.82, 2.24) is 9.88 Å². The van der Waals surface area contributed by atoms with Gasteiger partial charge in [0.05, 0.1) is 29.5 Å². The first kappa shape index (κ1) is 18.5. The van der Waals surface area contributed by atoms with E-state index in [1.54, 1.807) is 13.2 Å². The number of pyridine rings is 1. The van der Waals surface area contributed by atoms with Gasteiger partial charge in [0.25, 0.3) is 0 Å². The van der Waals surface area contributed by atoms with Crippen molar-refractivity contribution in [3.05, 3.63) is 35.5 Å². The standard InChI is InChI=1S/C20H24N5O3/c1-23(2)10-11-24-9-8-21-19-14-12-13(28-3)4-5-15(14)22-20-17(25(26)27)7-6-16(24)18(19)20/h4-7,12,21,26H,8-11H2,1-3H3/q-1. The summed E-state index contributed by atoms with van der Waals surface area (Å²) in [5.74, 6) is 0.741. The third-order valence-corrected chi connectivity index (χ3v) is 5.14. The van der Waals surface area contributed by atoms with Crippen LogP contribution in [0.3, 0.4) is 0 Å². The highest BCUT2D eigenvalue weighted by atomic mass is 16.8. The maximum Gasteiger partial charge on any atom is 0.119 e. The van der Waals surface area contributed by atoms with Gasteiger partial charge in [-0.05, 0) is 44.4 Å². The van der Waals surface area contributed by atoms with Gasteiger partial charge in [-0.2, -0.15) is 0 Å². The molecule has 0 radical (unpaired) electrons. The fraction of sp³-hybridized carbons (Fsp3) is 0.350. The van der Waals surface area contributed by atoms with E-state index >= 15 is 0 Å². The molecule has 1 aromatic heterocycles. The number of rotatable bonds is 5. The normalized spacial score (nSPS) is 13.7. The second-order valence-corrected chi connectivity index (χ2v) is 7.19. The molecule has 0 spiro atoms. The maximum atomic E-state index is 11.8. The van der Waals surface area contributed by atoms with Crippen LogP contribution >= 0.6 is 0 Å². The van der Waals surface area contributed by atoms with Gasteiger partial charge in [0.15, 0.2) is 0 Å². The fourth-order valence-electron chi connectivity index (χ4n) is 3.71. The minimum Gasteiger partial charge on any atom is -0.733 e. The lowest BCUT2D eigenvalue weighted by Crippen LogP contribution is -2.34. The van der Waals surface area contributed by atoms with Gasteiger partial charge in [-0.15, -0.1) is 0 Å². The third-order valence-electron chi connectivity index (χ3n) is 5.14. The number of hydrogen-bond acceptors (Lipinski definition) is 8. The van der Waals surface area contributed by atoms with Gasteiger partial charge in [-0.25, -0.2) is 4.98 Å². The molecule has 148 valence electrons. The summed E-state index contributed by atoms with van der Waals surface area (Å²) in [6, 6.07) is 9.17. The molecule has 8 heteroatoms. The monoisotopic (exact) mass is 382 g/mol. The van der Waals surface area contributed by atoms with Gasteiger partial charge < -0.3 is 30.3 Å². The quantitative estimate of drug-likeness (QED) is 0.515. The molecule has 3 aromatic rings. The summed E-state index contributed by atoms with van der Waals surface area (Å²) in [6.07, 6.45) is 0. The van der Waals surface area contributed by atoms with E-state index in [0.29, 0.717) is 5.52 Å². The number of anilines is 3. The van der Waals surface area contributed by atoms with Crippen LogP contribution in [0.4, 0.5) is 17.1 Å². The predicted octanol–water partition coefficient (Wildman–Crippen LogP) is 2.88. The summed E-state index contributed by atoms with van der Waals surface area (Å²) in [5, 5.41) is 26.6. The van der Waals surface area contributed by atoms with E-state index in [1.807, 2.05) is 38.4 Å². The number of nitrogens with zero attached hydrogens (tertiary/aromatic N) is 4. The molecule has 0 bridgehead atoms. The molecule has 1 aliphatic rings. The molecule has 2 aromatic carbocycles. The SMILES string of the molecule is COc1ccc2nc3c(N([O-])O)ccc4c3c(c2c1)NCCN4CCN(C)C. The second-order valence-electron chi connectivity index (χ2n) is 7.19. The Bertz CT molecular complexity index is 1020. The largest absolute Gasteiger partial charge is 0.733 e. The first-order valence-corrected chi connectivity index (χ1v) is 9.23. The zero-order valence-corrected chi connectivity index (χ0v) is 16.3. The highest BCUT2D eigenvalue weighted by molar-refractivity contribution is 6.16. The topological polar surface area (TPSA) is 87.2 Å². The van der Waals surface area contributed by atoms with Gasteiger partial charge in [-0.1, -0.05) is 0 Å². The molecule has 0 saturated heterocycles. The lowest BCUT2D eigenvalue weighted by Gasteiger charge is -2.28. The second kappa shape index (κ2) is 7.31. The molecular weight excluding hydrogens is 358 g/mol. The van der Waals surface area contributed by atoms with Gasteiger partial charge in [0.1, 0.15) is 5.75 Å². The number of fused-ring (bicyclic) bond motifs is 2. The number of nitrogens with one attached hydrogen (secondary N) is 1. The van der Waals surface area contributed by atoms with Crippen molar-refractivity contribution >= 4 is 38.9 Å². The van der Waals surface area contributed by atoms with E-state index in [4.69, 9.17) is 9.72 Å². The minimum atomic E-state index is -0.111. The first-order valence-electron chi connectivity index (χ1n) is 9.23. The predicted molar refractivity (Wildman–Crippen MR) is 113 cm³/mol. The summed E-state index contributed by atoms with van der Waals surface area (Å²) >= 11 is 0. The number of ether oxygens (including phenoxy) is 1.